The van der Waals surface area contributed by atoms with Gasteiger partial charge in [-0.2, -0.15) is 5.10 Å². The van der Waals surface area contributed by atoms with Crippen molar-refractivity contribution in [3.63, 3.8) is 0 Å². The first-order valence-corrected chi connectivity index (χ1v) is 12.9. The third-order valence-corrected chi connectivity index (χ3v) is 7.19. The van der Waals surface area contributed by atoms with Crippen LogP contribution >= 0.6 is 11.6 Å². The van der Waals surface area contributed by atoms with Crippen LogP contribution in [0.4, 0.5) is 0 Å². The van der Waals surface area contributed by atoms with Crippen molar-refractivity contribution in [3.8, 4) is 22.8 Å². The monoisotopic (exact) mass is 515 g/mol. The van der Waals surface area contributed by atoms with E-state index in [4.69, 9.17) is 16.3 Å². The lowest BCUT2D eigenvalue weighted by Gasteiger charge is -2.27. The second-order valence-electron chi connectivity index (χ2n) is 9.53. The summed E-state index contributed by atoms with van der Waals surface area (Å²) in [5.74, 6) is 0.771. The number of phenolic OH excluding ortho intramolecular Hbond substituents is 1. The Hall–Kier alpha value is -3.77. The second kappa shape index (κ2) is 10.3. The van der Waals surface area contributed by atoms with Crippen molar-refractivity contribution in [2.45, 2.75) is 46.2 Å². The maximum atomic E-state index is 13.7. The molecule has 1 amide bonds. The van der Waals surface area contributed by atoms with Gasteiger partial charge in [-0.05, 0) is 66.8 Å². The molecule has 0 saturated carbocycles. The lowest BCUT2D eigenvalue weighted by Crippen LogP contribution is -2.29. The Morgan fingerprint density at radius 2 is 1.86 bits per heavy atom. The minimum Gasteiger partial charge on any atom is -0.507 e. The van der Waals surface area contributed by atoms with Crippen LogP contribution in [0.1, 0.15) is 64.1 Å². The predicted octanol–water partition coefficient (Wildman–Crippen LogP) is 6.98. The number of rotatable bonds is 8. The number of nitrogens with zero attached hydrogens (tertiary/aromatic N) is 2. The summed E-state index contributed by atoms with van der Waals surface area (Å²) in [6, 6.07) is 18.7. The van der Waals surface area contributed by atoms with E-state index in [-0.39, 0.29) is 11.7 Å². The van der Waals surface area contributed by atoms with Gasteiger partial charge in [-0.25, -0.2) is 0 Å². The van der Waals surface area contributed by atoms with Crippen LogP contribution in [0, 0.1) is 13.8 Å². The van der Waals surface area contributed by atoms with Crippen molar-refractivity contribution in [1.29, 1.82) is 0 Å². The van der Waals surface area contributed by atoms with Gasteiger partial charge < -0.3 is 14.7 Å². The minimum atomic E-state index is -0.419. The molecule has 4 aromatic rings. The van der Waals surface area contributed by atoms with Crippen LogP contribution in [0.2, 0.25) is 5.02 Å². The van der Waals surface area contributed by atoms with E-state index in [0.717, 1.165) is 46.4 Å². The first-order valence-electron chi connectivity index (χ1n) is 12.5. The summed E-state index contributed by atoms with van der Waals surface area (Å²) in [6.45, 7) is 7.01. The number of hydrogen-bond acceptors (Lipinski definition) is 4. The van der Waals surface area contributed by atoms with Crippen LogP contribution in [0.3, 0.4) is 0 Å². The summed E-state index contributed by atoms with van der Waals surface area (Å²) < 4.78 is 5.86. The number of amides is 1. The largest absolute Gasteiger partial charge is 0.507 e. The van der Waals surface area contributed by atoms with Gasteiger partial charge in [-0.3, -0.25) is 9.89 Å². The van der Waals surface area contributed by atoms with Gasteiger partial charge in [0.1, 0.15) is 22.9 Å². The van der Waals surface area contributed by atoms with E-state index in [1.807, 2.05) is 68.4 Å². The third-order valence-electron chi connectivity index (χ3n) is 6.82. The number of phenols is 1. The van der Waals surface area contributed by atoms with E-state index >= 15 is 0 Å². The molecule has 37 heavy (non-hydrogen) atoms. The van der Waals surface area contributed by atoms with Crippen molar-refractivity contribution in [1.82, 2.24) is 15.1 Å². The lowest BCUT2D eigenvalue weighted by molar-refractivity contribution is 0.0730. The molecule has 190 valence electrons. The molecular formula is C30H30ClN3O3. The minimum absolute atomic E-state index is 0.141. The van der Waals surface area contributed by atoms with E-state index in [2.05, 4.69) is 17.1 Å². The Bertz CT molecular complexity index is 1420. The van der Waals surface area contributed by atoms with Crippen LogP contribution < -0.4 is 4.74 Å². The van der Waals surface area contributed by atoms with Crippen molar-refractivity contribution >= 4 is 17.5 Å². The molecule has 0 saturated heterocycles. The molecule has 5 rings (SSSR count). The SMILES string of the molecule is CCCCOc1ccc(C2c3c(-c4c(C)cc(C)cc4O)n[nH]c3C(=O)N2Cc2ccccc2Cl)cc1. The number of halogens is 1. The number of carbonyl (C=O) groups is 1. The van der Waals surface area contributed by atoms with E-state index < -0.39 is 6.04 Å². The summed E-state index contributed by atoms with van der Waals surface area (Å²) >= 11 is 6.49. The lowest BCUT2D eigenvalue weighted by atomic mass is 9.93. The zero-order chi connectivity index (χ0) is 26.1. The van der Waals surface area contributed by atoms with E-state index in [9.17, 15) is 9.90 Å². The molecule has 6 nitrogen and oxygen atoms in total. The smallest absolute Gasteiger partial charge is 0.273 e. The number of aromatic amines is 1. The summed E-state index contributed by atoms with van der Waals surface area (Å²) in [6.07, 6.45) is 2.06. The van der Waals surface area contributed by atoms with E-state index in [1.54, 1.807) is 11.0 Å². The fourth-order valence-corrected chi connectivity index (χ4v) is 5.24. The number of H-pyrrole nitrogens is 1. The molecule has 0 radical (unpaired) electrons. The second-order valence-corrected chi connectivity index (χ2v) is 9.94. The molecule has 1 aliphatic rings. The Morgan fingerprint density at radius 1 is 1.11 bits per heavy atom. The van der Waals surface area contributed by atoms with Gasteiger partial charge in [0.05, 0.1) is 12.6 Å². The first kappa shape index (κ1) is 24.9. The highest BCUT2D eigenvalue weighted by Gasteiger charge is 2.43. The van der Waals surface area contributed by atoms with Gasteiger partial charge in [-0.1, -0.05) is 61.3 Å². The highest BCUT2D eigenvalue weighted by molar-refractivity contribution is 6.31. The Balaban J connectivity index is 1.61. The summed E-state index contributed by atoms with van der Waals surface area (Å²) in [5.41, 5.74) is 6.01. The number of unbranched alkanes of at least 4 members (excludes halogenated alkanes) is 1. The number of aromatic hydroxyl groups is 1. The molecule has 0 aliphatic carbocycles. The topological polar surface area (TPSA) is 78.5 Å². The molecule has 0 spiro atoms. The van der Waals surface area contributed by atoms with Crippen LogP contribution in [-0.4, -0.2) is 32.7 Å². The van der Waals surface area contributed by atoms with Gasteiger partial charge in [0.2, 0.25) is 0 Å². The number of aromatic nitrogens is 2. The average Bonchev–Trinajstić information content (AvgIpc) is 3.40. The number of fused-ring (bicyclic) bond motifs is 1. The number of ether oxygens (including phenoxy) is 1. The summed E-state index contributed by atoms with van der Waals surface area (Å²) in [5, 5.41) is 19.0. The summed E-state index contributed by atoms with van der Waals surface area (Å²) in [7, 11) is 0. The molecule has 0 fully saturated rings. The molecule has 1 aromatic heterocycles. The van der Waals surface area contributed by atoms with Gasteiger partial charge in [-0.15, -0.1) is 0 Å². The molecule has 1 atom stereocenters. The van der Waals surface area contributed by atoms with Crippen LogP contribution in [0.5, 0.6) is 11.5 Å². The molecule has 0 bridgehead atoms. The van der Waals surface area contributed by atoms with Crippen molar-refractivity contribution in [2.75, 3.05) is 6.61 Å². The predicted molar refractivity (Wildman–Crippen MR) is 145 cm³/mol. The molecule has 1 unspecified atom stereocenters. The quantitative estimate of drug-likeness (QED) is 0.248. The highest BCUT2D eigenvalue weighted by Crippen LogP contribution is 2.46. The fraction of sp³-hybridized carbons (Fsp3) is 0.267. The molecule has 2 N–H and O–H groups in total. The maximum absolute atomic E-state index is 13.7. The number of hydrogen-bond donors (Lipinski definition) is 2. The first-order chi connectivity index (χ1) is 17.9. The Morgan fingerprint density at radius 3 is 2.57 bits per heavy atom. The molecular weight excluding hydrogens is 486 g/mol. The van der Waals surface area contributed by atoms with Crippen molar-refractivity contribution in [2.24, 2.45) is 0 Å². The van der Waals surface area contributed by atoms with Gasteiger partial charge in [0.15, 0.2) is 0 Å². The fourth-order valence-electron chi connectivity index (χ4n) is 5.04. The van der Waals surface area contributed by atoms with Crippen LogP contribution in [0.25, 0.3) is 11.3 Å². The number of aryl methyl sites for hydroxylation is 2. The number of carbonyl (C=O) groups excluding carboxylic acids is 1. The van der Waals surface area contributed by atoms with Crippen LogP contribution in [0.15, 0.2) is 60.7 Å². The van der Waals surface area contributed by atoms with Gasteiger partial charge in [0, 0.05) is 22.7 Å². The Labute approximate surface area is 221 Å². The number of benzene rings is 3. The van der Waals surface area contributed by atoms with E-state index in [1.165, 1.54) is 0 Å². The summed E-state index contributed by atoms with van der Waals surface area (Å²) in [4.78, 5) is 15.5. The van der Waals surface area contributed by atoms with Crippen molar-refractivity contribution in [3.05, 3.63) is 99.2 Å². The van der Waals surface area contributed by atoms with Gasteiger partial charge in [0.25, 0.3) is 5.91 Å². The third kappa shape index (κ3) is 4.69. The number of nitrogens with one attached hydrogen (secondary N) is 1. The normalized spacial score (nSPS) is 14.8. The zero-order valence-corrected chi connectivity index (χ0v) is 22.0. The van der Waals surface area contributed by atoms with E-state index in [0.29, 0.717) is 35.1 Å². The standard InChI is InChI=1S/C30H30ClN3O3/c1-4-5-14-37-22-12-10-20(11-13-22)29-26-27(25-19(3)15-18(2)16-24(25)35)32-33-28(26)30(36)34(29)17-21-8-6-7-9-23(21)31/h6-13,15-16,29,35H,4-5,14,17H2,1-3H3,(H,32,33). The average molecular weight is 516 g/mol. The molecule has 3 aromatic carbocycles. The maximum Gasteiger partial charge on any atom is 0.273 e. The Kier molecular flexibility index (Phi) is 6.94. The van der Waals surface area contributed by atoms with Crippen molar-refractivity contribution < 1.29 is 14.6 Å². The molecule has 1 aliphatic heterocycles. The van der Waals surface area contributed by atoms with Gasteiger partial charge >= 0.3 is 0 Å². The highest BCUT2D eigenvalue weighted by atomic mass is 35.5. The molecule has 7 heteroatoms. The molecule has 2 heterocycles. The zero-order valence-electron chi connectivity index (χ0n) is 21.2. The van der Waals surface area contributed by atoms with Crippen LogP contribution in [-0.2, 0) is 6.54 Å².